The van der Waals surface area contributed by atoms with E-state index in [0.29, 0.717) is 5.56 Å². The predicted octanol–water partition coefficient (Wildman–Crippen LogP) is 24.7. The number of esters is 2. The highest BCUT2D eigenvalue weighted by molar-refractivity contribution is 6.99. The van der Waals surface area contributed by atoms with Crippen molar-refractivity contribution in [3.63, 3.8) is 0 Å². The van der Waals surface area contributed by atoms with E-state index in [1.54, 1.807) is 36.4 Å². The first-order valence-electron chi connectivity index (χ1n) is 46.0. The number of hydrogen-bond acceptors (Lipinski definition) is 13. The Morgan fingerprint density at radius 2 is 0.639 bits per heavy atom. The molecule has 2 saturated heterocycles. The van der Waals surface area contributed by atoms with Gasteiger partial charge in [-0.3, -0.25) is 0 Å². The molecular weight excluding hydrogens is 1500 g/mol. The highest BCUT2D eigenvalue weighted by Gasteiger charge is 2.58. The van der Waals surface area contributed by atoms with E-state index in [1.165, 1.54) is 154 Å². The van der Waals surface area contributed by atoms with Gasteiger partial charge in [-0.05, 0) is 74.8 Å². The topological polar surface area (TPSA) is 136 Å². The van der Waals surface area contributed by atoms with E-state index in [4.69, 9.17) is 51.8 Å². The van der Waals surface area contributed by atoms with Crippen molar-refractivity contribution in [2.24, 2.45) is 0 Å². The van der Waals surface area contributed by atoms with E-state index in [1.807, 2.05) is 146 Å². The van der Waals surface area contributed by atoms with Gasteiger partial charge in [0, 0.05) is 0 Å². The van der Waals surface area contributed by atoms with Crippen molar-refractivity contribution in [2.75, 3.05) is 13.2 Å². The lowest BCUT2D eigenvalue weighted by atomic mass is 9.95. The van der Waals surface area contributed by atoms with Gasteiger partial charge in [-0.2, -0.15) is 0 Å². The quantitative estimate of drug-likeness (QED) is 0.0203. The van der Waals surface area contributed by atoms with E-state index in [0.717, 1.165) is 84.0 Å². The van der Waals surface area contributed by atoms with E-state index < -0.39 is 86.7 Å². The fourth-order valence-electron chi connectivity index (χ4n) is 17.0. The molecule has 0 bridgehead atoms. The van der Waals surface area contributed by atoms with Gasteiger partial charge in [-0.1, -0.05) is 446 Å². The van der Waals surface area contributed by atoms with E-state index in [9.17, 15) is 0 Å². The molecule has 0 aliphatic carbocycles. The largest absolute Gasteiger partial charge is 0.452 e. The summed E-state index contributed by atoms with van der Waals surface area (Å²) in [6, 6.07) is 79.2. The van der Waals surface area contributed by atoms with Crippen LogP contribution in [0.4, 0.5) is 0 Å². The Bertz CT molecular complexity index is 3840. The van der Waals surface area contributed by atoms with Gasteiger partial charge in [0.15, 0.2) is 24.8 Å². The molecule has 0 amide bonds. The molecule has 2 fully saturated rings. The lowest BCUT2D eigenvalue weighted by molar-refractivity contribution is -0.371. The number of hydrogen-bond donors (Lipinski definition) is 0. The third-order valence-corrected chi connectivity index (χ3v) is 28.7. The van der Waals surface area contributed by atoms with Gasteiger partial charge in [0.25, 0.3) is 8.32 Å². The molecule has 0 unspecified atom stereocenters. The molecule has 0 N–H and O–H groups in total. The van der Waals surface area contributed by atoms with Crippen LogP contribution in [0.25, 0.3) is 0 Å². The van der Waals surface area contributed by atoms with Crippen molar-refractivity contribution in [3.8, 4) is 0 Å². The smallest absolute Gasteiger partial charge is 0.338 e. The van der Waals surface area contributed by atoms with E-state index in [2.05, 4.69) is 95.3 Å². The Morgan fingerprint density at radius 1 is 0.328 bits per heavy atom. The minimum absolute atomic E-state index is 0.00767. The zero-order valence-corrected chi connectivity index (χ0v) is 73.6. The normalized spacial score (nSPS) is 19.5. The van der Waals surface area contributed by atoms with Crippen LogP contribution in [-0.2, 0) is 78.2 Å². The number of ether oxygens (including phenoxy) is 10. The van der Waals surface area contributed by atoms with Gasteiger partial charge in [0.05, 0.1) is 56.9 Å². The molecule has 10 rings (SSSR count). The zero-order chi connectivity index (χ0) is 83.1. The zero-order valence-electron chi connectivity index (χ0n) is 72.6. The monoisotopic (exact) mass is 1640 g/mol. The number of unbranched alkanes of at least 4 members (excludes halogenated alkanes) is 28. The summed E-state index contributed by atoms with van der Waals surface area (Å²) in [6.45, 7) is 12.0. The Labute approximate surface area is 716 Å². The second kappa shape index (κ2) is 54.1. The molecule has 0 saturated carbocycles. The van der Waals surface area contributed by atoms with Crippen LogP contribution in [-0.4, -0.2) is 101 Å². The van der Waals surface area contributed by atoms with Crippen LogP contribution in [0.5, 0.6) is 0 Å². The van der Waals surface area contributed by atoms with E-state index >= 15 is 9.59 Å². The molecule has 8 aromatic rings. The number of carbonyl (C=O) groups is 2. The first-order valence-corrected chi connectivity index (χ1v) is 47.9. The molecule has 10 atom stereocenters. The molecule has 2 aliphatic heterocycles. The van der Waals surface area contributed by atoms with Crippen LogP contribution in [0, 0.1) is 0 Å². The average Bonchev–Trinajstić information content (AvgIpc) is 0.752. The van der Waals surface area contributed by atoms with Crippen LogP contribution in [0.15, 0.2) is 243 Å². The Hall–Kier alpha value is -7.44. The molecule has 2 aliphatic rings. The van der Waals surface area contributed by atoms with Gasteiger partial charge >= 0.3 is 11.9 Å². The summed E-state index contributed by atoms with van der Waals surface area (Å²) in [5.74, 6) is -1.32. The molecule has 0 radical (unpaired) electrons. The maximum atomic E-state index is 15.6. The van der Waals surface area contributed by atoms with Crippen molar-refractivity contribution in [2.45, 2.75) is 339 Å². The summed E-state index contributed by atoms with van der Waals surface area (Å²) in [7, 11) is -3.33. The standard InChI is InChI=1S/C105H142O13Si/c1-6-8-10-12-14-16-18-20-22-24-26-28-30-32-54-72-90(73-55-33-31-29-27-25-23-21-19-17-15-13-11-9-7-2)113-104-100(117-102(107)89-70-52-39-53-71-89)98(116-101(106)88-68-50-38-51-69-88)96(93(114-104)82-108-78-84-60-42-34-43-61-84)118-103-99(111-81-87-66-48-37-49-67-87)97(110-80-86-64-46-36-47-65-86)95(109-79-85-62-44-35-45-63-85)94(115-103)83-112-119(105(3,4)5,91-74-56-40-57-75-91)92-76-58-41-59-77-92/h34-53,56-71,74-77,90,93-100,103-104H,6-33,54-55,72-73,78-83H2,1-5H3/t93-,94-,95-,96+,97+,98+,99-,100-,103-,104-/m1/s1. The molecule has 119 heavy (non-hydrogen) atoms. The summed E-state index contributed by atoms with van der Waals surface area (Å²) in [5, 5.41) is 1.74. The van der Waals surface area contributed by atoms with Crippen LogP contribution >= 0.6 is 0 Å². The van der Waals surface area contributed by atoms with Crippen molar-refractivity contribution >= 4 is 30.6 Å². The second-order valence-electron chi connectivity index (χ2n) is 34.2. The highest BCUT2D eigenvalue weighted by Crippen LogP contribution is 2.41. The second-order valence-corrected chi connectivity index (χ2v) is 38.5. The molecule has 0 aromatic heterocycles. The van der Waals surface area contributed by atoms with Crippen molar-refractivity contribution < 1.29 is 61.4 Å². The van der Waals surface area contributed by atoms with Crippen molar-refractivity contribution in [3.05, 3.63) is 276 Å². The van der Waals surface area contributed by atoms with Crippen molar-refractivity contribution in [1.82, 2.24) is 0 Å². The fourth-order valence-corrected chi connectivity index (χ4v) is 21.6. The first kappa shape index (κ1) is 93.8. The summed E-state index contributed by atoms with van der Waals surface area (Å²) in [4.78, 5) is 30.9. The van der Waals surface area contributed by atoms with Gasteiger partial charge in [-0.25, -0.2) is 9.59 Å². The summed E-state index contributed by atoms with van der Waals surface area (Å²) >= 11 is 0. The van der Waals surface area contributed by atoms with Crippen LogP contribution in [0.3, 0.4) is 0 Å². The maximum absolute atomic E-state index is 15.6. The molecule has 2 heterocycles. The SMILES string of the molecule is CCCCCCCCCCCCCCCCCC(CCCCCCCCCCCCCCCCC)O[C@@H]1O[C@H](COCc2ccccc2)[C@H](O[C@H]2O[C@H](CO[Si](c3ccccc3)(c3ccccc3)C(C)(C)C)[C@@H](OCc3ccccc3)[C@H](OCc3ccccc3)[C@H]2OCc2ccccc2)[C@H](OC(=O)c2ccccc2)[C@H]1OC(=O)c1ccccc1. The van der Waals surface area contributed by atoms with Crippen LogP contribution in [0.1, 0.15) is 283 Å². The number of benzene rings is 8. The maximum Gasteiger partial charge on any atom is 0.338 e. The van der Waals surface area contributed by atoms with Gasteiger partial charge < -0.3 is 51.8 Å². The molecule has 644 valence electrons. The lowest BCUT2D eigenvalue weighted by Crippen LogP contribution is -2.69. The third-order valence-electron chi connectivity index (χ3n) is 23.7. The van der Waals surface area contributed by atoms with Gasteiger partial charge in [0.2, 0.25) is 0 Å². The summed E-state index contributed by atoms with van der Waals surface area (Å²) < 4.78 is 82.0. The van der Waals surface area contributed by atoms with Crippen molar-refractivity contribution in [1.29, 1.82) is 0 Å². The number of rotatable bonds is 58. The Kier molecular flexibility index (Phi) is 42.7. The highest BCUT2D eigenvalue weighted by atomic mass is 28.4. The van der Waals surface area contributed by atoms with Gasteiger partial charge in [-0.15, -0.1) is 0 Å². The molecule has 13 nitrogen and oxygen atoms in total. The third kappa shape index (κ3) is 31.8. The molecule has 8 aromatic carbocycles. The fraction of sp³-hybridized carbons (Fsp3) is 0.524. The Morgan fingerprint density at radius 3 is 1.02 bits per heavy atom. The summed E-state index contributed by atoms with van der Waals surface area (Å²) in [5.41, 5.74) is 4.29. The van der Waals surface area contributed by atoms with Crippen LogP contribution < -0.4 is 10.4 Å². The van der Waals surface area contributed by atoms with E-state index in [-0.39, 0.29) is 51.3 Å². The van der Waals surface area contributed by atoms with Gasteiger partial charge in [0.1, 0.15) is 36.6 Å². The molecule has 0 spiro atoms. The average molecular weight is 1640 g/mol. The van der Waals surface area contributed by atoms with Crippen LogP contribution in [0.2, 0.25) is 5.04 Å². The predicted molar refractivity (Wildman–Crippen MR) is 482 cm³/mol. The minimum Gasteiger partial charge on any atom is -0.452 e. The summed E-state index contributed by atoms with van der Waals surface area (Å²) in [6.07, 6.45) is 27.2. The number of carbonyl (C=O) groups excluding carboxylic acids is 2. The lowest BCUT2D eigenvalue weighted by Gasteiger charge is -2.51. The Balaban J connectivity index is 1.04. The molecule has 14 heteroatoms. The first-order chi connectivity index (χ1) is 58.5. The minimum atomic E-state index is -3.33. The molecular formula is C105H142O13Si.